The normalized spacial score (nSPS) is 11.0. The van der Waals surface area contributed by atoms with E-state index in [2.05, 4.69) is 38.0 Å². The van der Waals surface area contributed by atoms with Gasteiger partial charge >= 0.3 is 0 Å². The van der Waals surface area contributed by atoms with Crippen LogP contribution in [0, 0.1) is 0 Å². The Morgan fingerprint density at radius 3 is 2.44 bits per heavy atom. The highest BCUT2D eigenvalue weighted by molar-refractivity contribution is 4.79. The van der Waals surface area contributed by atoms with Gasteiger partial charge in [-0.1, -0.05) is 13.5 Å². The Labute approximate surface area is 57.3 Å². The zero-order valence-corrected chi connectivity index (χ0v) is 6.49. The molecule has 0 aromatic carbocycles. The van der Waals surface area contributed by atoms with Gasteiger partial charge in [0.15, 0.2) is 0 Å². The quantitative estimate of drug-likeness (QED) is 0.553. The van der Waals surface area contributed by atoms with Gasteiger partial charge in [0.25, 0.3) is 0 Å². The van der Waals surface area contributed by atoms with Crippen molar-refractivity contribution in [2.75, 3.05) is 6.54 Å². The molecule has 2 heteroatoms. The third-order valence-electron chi connectivity index (χ3n) is 1.08. The molecule has 0 saturated heterocycles. The summed E-state index contributed by atoms with van der Waals surface area (Å²) in [5, 5.41) is 6.32. The van der Waals surface area contributed by atoms with Crippen LogP contribution in [0.15, 0.2) is 12.8 Å². The molecule has 0 aliphatic rings. The molecule has 0 aliphatic carbocycles. The van der Waals surface area contributed by atoms with Crippen LogP contribution in [0.3, 0.4) is 0 Å². The predicted octanol–water partition coefficient (Wildman–Crippen LogP) is 1.07. The van der Waals surface area contributed by atoms with Crippen LogP contribution in [-0.4, -0.2) is 12.2 Å². The van der Waals surface area contributed by atoms with E-state index in [4.69, 9.17) is 0 Å². The van der Waals surface area contributed by atoms with Crippen molar-refractivity contribution < 1.29 is 0 Å². The van der Waals surface area contributed by atoms with E-state index in [-0.39, 0.29) is 5.66 Å². The second-order valence-electron chi connectivity index (χ2n) is 2.50. The van der Waals surface area contributed by atoms with E-state index >= 15 is 0 Å². The monoisotopic (exact) mass is 128 g/mol. The molecule has 0 heterocycles. The van der Waals surface area contributed by atoms with Crippen molar-refractivity contribution >= 4 is 0 Å². The first-order valence-corrected chi connectivity index (χ1v) is 3.26. The second kappa shape index (κ2) is 3.51. The van der Waals surface area contributed by atoms with Gasteiger partial charge in [-0.05, 0) is 26.6 Å². The number of hydrogen-bond donors (Lipinski definition) is 2. The fourth-order valence-electron chi connectivity index (χ4n) is 0.748. The van der Waals surface area contributed by atoms with Crippen molar-refractivity contribution in [3.63, 3.8) is 0 Å². The zero-order valence-electron chi connectivity index (χ0n) is 6.49. The lowest BCUT2D eigenvalue weighted by molar-refractivity contribution is 0.357. The standard InChI is InChI=1S/C7H16N2/c1-5-8-7(3,4)9-6-2/h5,8-9H,1,6H2,2-4H3. The lowest BCUT2D eigenvalue weighted by Gasteiger charge is -2.25. The van der Waals surface area contributed by atoms with Gasteiger partial charge in [0.05, 0.1) is 5.66 Å². The summed E-state index contributed by atoms with van der Waals surface area (Å²) in [5.74, 6) is 0. The maximum absolute atomic E-state index is 3.58. The van der Waals surface area contributed by atoms with Gasteiger partial charge in [0, 0.05) is 0 Å². The van der Waals surface area contributed by atoms with Gasteiger partial charge in [-0.25, -0.2) is 0 Å². The maximum Gasteiger partial charge on any atom is 0.0818 e. The summed E-state index contributed by atoms with van der Waals surface area (Å²) in [7, 11) is 0. The third kappa shape index (κ3) is 4.03. The average Bonchev–Trinajstić information content (AvgIpc) is 1.64. The molecule has 2 nitrogen and oxygen atoms in total. The van der Waals surface area contributed by atoms with E-state index in [9.17, 15) is 0 Å². The Hall–Kier alpha value is -0.500. The van der Waals surface area contributed by atoms with E-state index < -0.39 is 0 Å². The molecule has 0 unspecified atom stereocenters. The van der Waals surface area contributed by atoms with Crippen LogP contribution in [0.25, 0.3) is 0 Å². The van der Waals surface area contributed by atoms with Gasteiger partial charge in [0.2, 0.25) is 0 Å². The van der Waals surface area contributed by atoms with E-state index in [1.807, 2.05) is 0 Å². The van der Waals surface area contributed by atoms with Gasteiger partial charge in [0.1, 0.15) is 0 Å². The van der Waals surface area contributed by atoms with Crippen LogP contribution in [0.2, 0.25) is 0 Å². The van der Waals surface area contributed by atoms with Gasteiger partial charge in [-0.2, -0.15) is 0 Å². The molecule has 0 aromatic rings. The van der Waals surface area contributed by atoms with Crippen molar-refractivity contribution in [3.8, 4) is 0 Å². The molecule has 0 fully saturated rings. The summed E-state index contributed by atoms with van der Waals surface area (Å²) in [6.07, 6.45) is 1.70. The molecule has 0 amide bonds. The van der Waals surface area contributed by atoms with E-state index in [1.54, 1.807) is 6.20 Å². The molecule has 0 aromatic heterocycles. The van der Waals surface area contributed by atoms with Crippen LogP contribution < -0.4 is 10.6 Å². The highest BCUT2D eigenvalue weighted by Gasteiger charge is 2.10. The number of hydrogen-bond acceptors (Lipinski definition) is 2. The highest BCUT2D eigenvalue weighted by Crippen LogP contribution is 1.93. The molecule has 0 bridgehead atoms. The molecule has 0 spiro atoms. The van der Waals surface area contributed by atoms with Crippen LogP contribution in [0.1, 0.15) is 20.8 Å². The first-order valence-electron chi connectivity index (χ1n) is 3.26. The summed E-state index contributed by atoms with van der Waals surface area (Å²) < 4.78 is 0. The van der Waals surface area contributed by atoms with Gasteiger partial charge in [-0.3, -0.25) is 5.32 Å². The van der Waals surface area contributed by atoms with Gasteiger partial charge in [-0.15, -0.1) is 0 Å². The minimum Gasteiger partial charge on any atom is -0.374 e. The minimum atomic E-state index is -0.0174. The topological polar surface area (TPSA) is 24.1 Å². The lowest BCUT2D eigenvalue weighted by Crippen LogP contribution is -2.49. The Bertz CT molecular complexity index is 86.9. The largest absolute Gasteiger partial charge is 0.374 e. The summed E-state index contributed by atoms with van der Waals surface area (Å²) in [6, 6.07) is 0. The molecule has 54 valence electrons. The van der Waals surface area contributed by atoms with Crippen molar-refractivity contribution in [3.05, 3.63) is 12.8 Å². The molecule has 0 atom stereocenters. The highest BCUT2D eigenvalue weighted by atomic mass is 15.2. The Morgan fingerprint density at radius 1 is 1.56 bits per heavy atom. The molecule has 0 aliphatic heterocycles. The van der Waals surface area contributed by atoms with Crippen LogP contribution in [-0.2, 0) is 0 Å². The number of nitrogens with one attached hydrogen (secondary N) is 2. The molecule has 0 saturated carbocycles. The van der Waals surface area contributed by atoms with Crippen molar-refractivity contribution in [2.45, 2.75) is 26.4 Å². The fourth-order valence-corrected chi connectivity index (χ4v) is 0.748. The van der Waals surface area contributed by atoms with Crippen molar-refractivity contribution in [2.24, 2.45) is 0 Å². The Balaban J connectivity index is 3.55. The van der Waals surface area contributed by atoms with Crippen LogP contribution in [0.5, 0.6) is 0 Å². The summed E-state index contributed by atoms with van der Waals surface area (Å²) in [5.41, 5.74) is -0.0174. The Morgan fingerprint density at radius 2 is 2.11 bits per heavy atom. The number of rotatable bonds is 4. The molecular weight excluding hydrogens is 112 g/mol. The summed E-state index contributed by atoms with van der Waals surface area (Å²) >= 11 is 0. The average molecular weight is 128 g/mol. The first kappa shape index (κ1) is 8.50. The lowest BCUT2D eigenvalue weighted by atomic mass is 10.2. The molecule has 9 heavy (non-hydrogen) atoms. The predicted molar refractivity (Wildman–Crippen MR) is 41.1 cm³/mol. The summed E-state index contributed by atoms with van der Waals surface area (Å²) in [4.78, 5) is 0. The zero-order chi connectivity index (χ0) is 7.33. The van der Waals surface area contributed by atoms with Crippen molar-refractivity contribution in [1.29, 1.82) is 0 Å². The third-order valence-corrected chi connectivity index (χ3v) is 1.08. The Kier molecular flexibility index (Phi) is 3.32. The first-order chi connectivity index (χ1) is 4.12. The fraction of sp³-hybridized carbons (Fsp3) is 0.714. The van der Waals surface area contributed by atoms with Gasteiger partial charge < -0.3 is 5.32 Å². The SMILES string of the molecule is C=CNC(C)(C)NCC. The van der Waals surface area contributed by atoms with Crippen LogP contribution in [0.4, 0.5) is 0 Å². The minimum absolute atomic E-state index is 0.0174. The van der Waals surface area contributed by atoms with E-state index in [0.29, 0.717) is 0 Å². The second-order valence-corrected chi connectivity index (χ2v) is 2.50. The molecule has 0 radical (unpaired) electrons. The smallest absolute Gasteiger partial charge is 0.0818 e. The van der Waals surface area contributed by atoms with Crippen molar-refractivity contribution in [1.82, 2.24) is 10.6 Å². The maximum atomic E-state index is 3.58. The van der Waals surface area contributed by atoms with E-state index in [0.717, 1.165) is 6.54 Å². The van der Waals surface area contributed by atoms with E-state index in [1.165, 1.54) is 0 Å². The molecule has 2 N–H and O–H groups in total. The summed E-state index contributed by atoms with van der Waals surface area (Å²) in [6.45, 7) is 10.8. The van der Waals surface area contributed by atoms with Crippen LogP contribution >= 0.6 is 0 Å². The molecule has 0 rings (SSSR count). The molecular formula is C7H16N2.